The third kappa shape index (κ3) is 2.46. The molecule has 0 bridgehead atoms. The monoisotopic (exact) mass is 319 g/mol. The highest BCUT2D eigenvalue weighted by atomic mass is 15.1. The maximum atomic E-state index is 4.47. The zero-order valence-corrected chi connectivity index (χ0v) is 14.2. The fraction of sp³-hybridized carbons (Fsp3) is 0.316. The molecule has 4 aromatic rings. The minimum absolute atomic E-state index is 0.316. The van der Waals surface area contributed by atoms with Crippen molar-refractivity contribution in [2.24, 2.45) is 0 Å². The van der Waals surface area contributed by atoms with Crippen LogP contribution in [0.25, 0.3) is 21.9 Å². The molecular formula is C19H21N5. The number of nitrogens with one attached hydrogen (secondary N) is 2. The second kappa shape index (κ2) is 5.74. The van der Waals surface area contributed by atoms with E-state index in [2.05, 4.69) is 64.3 Å². The van der Waals surface area contributed by atoms with E-state index >= 15 is 0 Å². The second-order valence-electron chi connectivity index (χ2n) is 6.76. The van der Waals surface area contributed by atoms with Crippen molar-refractivity contribution in [1.29, 1.82) is 0 Å². The first-order chi connectivity index (χ1) is 11.6. The summed E-state index contributed by atoms with van der Waals surface area (Å²) in [7, 11) is 0. The predicted octanol–water partition coefficient (Wildman–Crippen LogP) is 4.30. The molecule has 5 nitrogen and oxygen atoms in total. The summed E-state index contributed by atoms with van der Waals surface area (Å²) in [5.41, 5.74) is 6.53. The van der Waals surface area contributed by atoms with Gasteiger partial charge in [0, 0.05) is 23.2 Å². The molecule has 3 heterocycles. The Morgan fingerprint density at radius 3 is 2.58 bits per heavy atom. The Labute approximate surface area is 140 Å². The SMILES string of the molecule is CC(C)c1[nH]nc2ccc(CC(C)c3[nH]nc4cccnc34)cc12. The van der Waals surface area contributed by atoms with E-state index < -0.39 is 0 Å². The Morgan fingerprint density at radius 1 is 0.958 bits per heavy atom. The number of aromatic amines is 2. The number of fused-ring (bicyclic) bond motifs is 2. The van der Waals surface area contributed by atoms with E-state index in [-0.39, 0.29) is 0 Å². The average molecular weight is 319 g/mol. The molecule has 4 rings (SSSR count). The summed E-state index contributed by atoms with van der Waals surface area (Å²) in [5.74, 6) is 0.750. The molecule has 5 heteroatoms. The van der Waals surface area contributed by atoms with Crippen LogP contribution in [0.15, 0.2) is 36.5 Å². The maximum Gasteiger partial charge on any atom is 0.111 e. The predicted molar refractivity (Wildman–Crippen MR) is 96.2 cm³/mol. The van der Waals surface area contributed by atoms with Crippen LogP contribution in [0.5, 0.6) is 0 Å². The van der Waals surface area contributed by atoms with Gasteiger partial charge < -0.3 is 0 Å². The van der Waals surface area contributed by atoms with Gasteiger partial charge in [-0.2, -0.15) is 10.2 Å². The Morgan fingerprint density at radius 2 is 1.75 bits per heavy atom. The lowest BCUT2D eigenvalue weighted by Gasteiger charge is -2.10. The molecule has 24 heavy (non-hydrogen) atoms. The first kappa shape index (κ1) is 14.9. The van der Waals surface area contributed by atoms with Gasteiger partial charge in [0.15, 0.2) is 0 Å². The van der Waals surface area contributed by atoms with Gasteiger partial charge in [-0.3, -0.25) is 15.2 Å². The summed E-state index contributed by atoms with van der Waals surface area (Å²) in [5, 5.41) is 16.3. The molecule has 3 aromatic heterocycles. The van der Waals surface area contributed by atoms with Crippen LogP contribution < -0.4 is 0 Å². The lowest BCUT2D eigenvalue weighted by atomic mass is 9.95. The number of H-pyrrole nitrogens is 2. The van der Waals surface area contributed by atoms with Crippen LogP contribution in [-0.2, 0) is 6.42 Å². The van der Waals surface area contributed by atoms with E-state index in [0.29, 0.717) is 11.8 Å². The molecule has 0 amide bonds. The van der Waals surface area contributed by atoms with Crippen LogP contribution in [0, 0.1) is 0 Å². The zero-order chi connectivity index (χ0) is 16.7. The minimum atomic E-state index is 0.316. The van der Waals surface area contributed by atoms with Crippen LogP contribution in [0.1, 0.15) is 49.6 Å². The van der Waals surface area contributed by atoms with E-state index in [0.717, 1.165) is 28.7 Å². The number of hydrogen-bond acceptors (Lipinski definition) is 3. The first-order valence-electron chi connectivity index (χ1n) is 8.39. The van der Waals surface area contributed by atoms with Gasteiger partial charge in [-0.25, -0.2) is 0 Å². The summed E-state index contributed by atoms with van der Waals surface area (Å²) in [4.78, 5) is 4.47. The Bertz CT molecular complexity index is 995. The van der Waals surface area contributed by atoms with E-state index in [1.807, 2.05) is 18.3 Å². The Balaban J connectivity index is 1.67. The second-order valence-corrected chi connectivity index (χ2v) is 6.76. The van der Waals surface area contributed by atoms with Gasteiger partial charge in [0.2, 0.25) is 0 Å². The van der Waals surface area contributed by atoms with E-state index in [1.54, 1.807) is 0 Å². The maximum absolute atomic E-state index is 4.47. The van der Waals surface area contributed by atoms with Gasteiger partial charge in [-0.1, -0.05) is 26.8 Å². The highest BCUT2D eigenvalue weighted by molar-refractivity contribution is 5.82. The summed E-state index contributed by atoms with van der Waals surface area (Å²) in [6.07, 6.45) is 2.76. The van der Waals surface area contributed by atoms with Gasteiger partial charge in [-0.15, -0.1) is 0 Å². The van der Waals surface area contributed by atoms with E-state index in [4.69, 9.17) is 0 Å². The number of nitrogens with zero attached hydrogens (tertiary/aromatic N) is 3. The van der Waals surface area contributed by atoms with Crippen LogP contribution in [0.3, 0.4) is 0 Å². The van der Waals surface area contributed by atoms with E-state index in [1.165, 1.54) is 16.6 Å². The minimum Gasteiger partial charge on any atom is -0.281 e. The number of benzene rings is 1. The van der Waals surface area contributed by atoms with Crippen molar-refractivity contribution >= 4 is 21.9 Å². The van der Waals surface area contributed by atoms with Crippen molar-refractivity contribution < 1.29 is 0 Å². The van der Waals surface area contributed by atoms with Gasteiger partial charge in [0.05, 0.1) is 11.2 Å². The molecule has 0 saturated heterocycles. The highest BCUT2D eigenvalue weighted by Crippen LogP contribution is 2.28. The van der Waals surface area contributed by atoms with Gasteiger partial charge in [-0.05, 0) is 42.2 Å². The molecule has 0 fully saturated rings. The van der Waals surface area contributed by atoms with Crippen molar-refractivity contribution in [2.75, 3.05) is 0 Å². The highest BCUT2D eigenvalue weighted by Gasteiger charge is 2.15. The number of hydrogen-bond donors (Lipinski definition) is 2. The molecule has 0 saturated carbocycles. The quantitative estimate of drug-likeness (QED) is 0.589. The number of aromatic nitrogens is 5. The Hall–Kier alpha value is -2.69. The van der Waals surface area contributed by atoms with Crippen LogP contribution in [-0.4, -0.2) is 25.4 Å². The summed E-state index contributed by atoms with van der Waals surface area (Å²) >= 11 is 0. The zero-order valence-electron chi connectivity index (χ0n) is 14.2. The standard InChI is InChI=1S/C19H21N5/c1-11(2)17-14-10-13(6-7-15(14)21-23-17)9-12(3)18-19-16(22-24-18)5-4-8-20-19/h4-8,10-12H,9H2,1-3H3,(H,21,23)(H,22,24). The van der Waals surface area contributed by atoms with Gasteiger partial charge in [0.25, 0.3) is 0 Å². The molecule has 1 aromatic carbocycles. The third-order valence-electron chi connectivity index (χ3n) is 4.60. The molecule has 122 valence electrons. The first-order valence-corrected chi connectivity index (χ1v) is 8.39. The largest absolute Gasteiger partial charge is 0.281 e. The molecule has 0 spiro atoms. The van der Waals surface area contributed by atoms with Crippen molar-refractivity contribution in [1.82, 2.24) is 25.4 Å². The van der Waals surface area contributed by atoms with Crippen molar-refractivity contribution in [3.05, 3.63) is 53.5 Å². The molecule has 1 unspecified atom stereocenters. The topological polar surface area (TPSA) is 70.2 Å². The molecule has 0 aliphatic heterocycles. The molecule has 0 aliphatic rings. The summed E-state index contributed by atoms with van der Waals surface area (Å²) in [6.45, 7) is 6.58. The summed E-state index contributed by atoms with van der Waals surface area (Å²) < 4.78 is 0. The van der Waals surface area contributed by atoms with Crippen LogP contribution in [0.2, 0.25) is 0 Å². The fourth-order valence-electron chi connectivity index (χ4n) is 3.31. The lowest BCUT2D eigenvalue weighted by molar-refractivity contribution is 0.729. The molecule has 1 atom stereocenters. The smallest absolute Gasteiger partial charge is 0.111 e. The molecule has 2 N–H and O–H groups in total. The van der Waals surface area contributed by atoms with E-state index in [9.17, 15) is 0 Å². The summed E-state index contributed by atoms with van der Waals surface area (Å²) in [6, 6.07) is 10.4. The molecular weight excluding hydrogens is 298 g/mol. The molecule has 0 aliphatic carbocycles. The fourth-order valence-corrected chi connectivity index (χ4v) is 3.31. The van der Waals surface area contributed by atoms with Gasteiger partial charge >= 0.3 is 0 Å². The normalized spacial score (nSPS) is 13.2. The number of pyridine rings is 1. The van der Waals surface area contributed by atoms with Crippen LogP contribution >= 0.6 is 0 Å². The Kier molecular flexibility index (Phi) is 3.56. The van der Waals surface area contributed by atoms with Crippen LogP contribution in [0.4, 0.5) is 0 Å². The lowest BCUT2D eigenvalue weighted by Crippen LogP contribution is -2.00. The van der Waals surface area contributed by atoms with Crippen molar-refractivity contribution in [3.8, 4) is 0 Å². The van der Waals surface area contributed by atoms with Gasteiger partial charge in [0.1, 0.15) is 11.0 Å². The van der Waals surface area contributed by atoms with Crippen molar-refractivity contribution in [2.45, 2.75) is 39.0 Å². The third-order valence-corrected chi connectivity index (χ3v) is 4.60. The van der Waals surface area contributed by atoms with Crippen molar-refractivity contribution in [3.63, 3.8) is 0 Å². The average Bonchev–Trinajstić information content (AvgIpc) is 3.18. The molecule has 0 radical (unpaired) electrons. The number of rotatable bonds is 4.